The zero-order chi connectivity index (χ0) is 46.1. The van der Waals surface area contributed by atoms with Gasteiger partial charge in [0, 0.05) is 52.8 Å². The molecule has 326 valence electrons. The lowest BCUT2D eigenvalue weighted by atomic mass is 9.95. The Bertz CT molecular complexity index is 3780. The van der Waals surface area contributed by atoms with Gasteiger partial charge in [0.05, 0.1) is 17.1 Å². The minimum Gasteiger partial charge on any atom is -0.308 e. The van der Waals surface area contributed by atoms with Crippen LogP contribution in [0.5, 0.6) is 0 Å². The highest BCUT2D eigenvalue weighted by molar-refractivity contribution is 6.09. The first-order chi connectivity index (χ1) is 34.1. The van der Waals surface area contributed by atoms with Gasteiger partial charge in [-0.3, -0.25) is 9.97 Å². The van der Waals surface area contributed by atoms with Gasteiger partial charge in [0.1, 0.15) is 0 Å². The van der Waals surface area contributed by atoms with E-state index in [0.29, 0.717) is 11.4 Å². The van der Waals surface area contributed by atoms with Gasteiger partial charge in [-0.1, -0.05) is 164 Å². The number of aromatic nitrogens is 2. The number of hydrogen-bond donors (Lipinski definition) is 0. The molecule has 0 aliphatic heterocycles. The molecular formula is C64H43FN4. The predicted octanol–water partition coefficient (Wildman–Crippen LogP) is 17.7. The number of rotatable bonds is 10. The van der Waals surface area contributed by atoms with Crippen LogP contribution in [0.1, 0.15) is 0 Å². The van der Waals surface area contributed by atoms with Crippen LogP contribution in [0.15, 0.2) is 261 Å². The standard InChI is InChI=1S/C64H43FN4/c65-64-62(68(53-16-5-2-6-17-53)55-32-33-58-50(40-55)27-26-48-14-7-8-18-56(48)58)41-52(57-20-11-15-51-43-67-39-36-59(51)57)42-63(64)69(54-30-28-46(29-31-54)47-34-37-66-38-35-47)61-21-10-9-19-60(61)49-24-22-45(23-25-49)44-12-3-1-4-13-44/h1-43H. The molecular weight excluding hydrogens is 844 g/mol. The van der Waals surface area contributed by atoms with Crippen LogP contribution >= 0.6 is 0 Å². The molecule has 5 heteroatoms. The monoisotopic (exact) mass is 886 g/mol. The molecule has 0 unspecified atom stereocenters. The number of anilines is 6. The minimum atomic E-state index is -0.379. The van der Waals surface area contributed by atoms with Gasteiger partial charge in [0.15, 0.2) is 5.82 Å². The van der Waals surface area contributed by atoms with Crippen molar-refractivity contribution in [2.75, 3.05) is 9.80 Å². The van der Waals surface area contributed by atoms with Crippen molar-refractivity contribution in [1.82, 2.24) is 9.97 Å². The largest absolute Gasteiger partial charge is 0.308 e. The lowest BCUT2D eigenvalue weighted by Crippen LogP contribution is -2.17. The summed E-state index contributed by atoms with van der Waals surface area (Å²) < 4.78 is 19.1. The summed E-state index contributed by atoms with van der Waals surface area (Å²) in [6.45, 7) is 0. The van der Waals surface area contributed by atoms with Crippen molar-refractivity contribution in [2.45, 2.75) is 0 Å². The second kappa shape index (κ2) is 17.9. The van der Waals surface area contributed by atoms with Gasteiger partial charge < -0.3 is 9.80 Å². The summed E-state index contributed by atoms with van der Waals surface area (Å²) in [7, 11) is 0. The van der Waals surface area contributed by atoms with Gasteiger partial charge in [-0.15, -0.1) is 0 Å². The van der Waals surface area contributed by atoms with Gasteiger partial charge in [0.25, 0.3) is 0 Å². The first-order valence-corrected chi connectivity index (χ1v) is 23.1. The van der Waals surface area contributed by atoms with E-state index < -0.39 is 0 Å². The van der Waals surface area contributed by atoms with Crippen LogP contribution in [0, 0.1) is 5.82 Å². The Morgan fingerprint density at radius 3 is 1.64 bits per heavy atom. The smallest absolute Gasteiger partial charge is 0.171 e. The fourth-order valence-electron chi connectivity index (χ4n) is 9.73. The Morgan fingerprint density at radius 2 is 0.841 bits per heavy atom. The van der Waals surface area contributed by atoms with Crippen LogP contribution in [0.2, 0.25) is 0 Å². The molecule has 69 heavy (non-hydrogen) atoms. The second-order valence-electron chi connectivity index (χ2n) is 17.2. The first kappa shape index (κ1) is 41.3. The van der Waals surface area contributed by atoms with Gasteiger partial charge in [0.2, 0.25) is 0 Å². The minimum absolute atomic E-state index is 0.379. The number of hydrogen-bond acceptors (Lipinski definition) is 4. The molecule has 0 saturated heterocycles. The van der Waals surface area contributed by atoms with E-state index in [1.165, 1.54) is 10.8 Å². The Hall–Kier alpha value is -9.19. The normalized spacial score (nSPS) is 11.3. The van der Waals surface area contributed by atoms with E-state index in [2.05, 4.69) is 184 Å². The molecule has 0 saturated carbocycles. The van der Waals surface area contributed by atoms with E-state index in [-0.39, 0.29) is 5.82 Å². The van der Waals surface area contributed by atoms with Crippen LogP contribution in [0.4, 0.5) is 38.5 Å². The molecule has 0 amide bonds. The molecule has 0 atom stereocenters. The lowest BCUT2D eigenvalue weighted by molar-refractivity contribution is 0.630. The summed E-state index contributed by atoms with van der Waals surface area (Å²) in [5, 5.41) is 6.57. The highest BCUT2D eigenvalue weighted by Gasteiger charge is 2.27. The lowest BCUT2D eigenvalue weighted by Gasteiger charge is -2.32. The van der Waals surface area contributed by atoms with Gasteiger partial charge in [-0.25, -0.2) is 4.39 Å². The van der Waals surface area contributed by atoms with Crippen molar-refractivity contribution in [3.8, 4) is 44.5 Å². The number of para-hydroxylation sites is 2. The van der Waals surface area contributed by atoms with Crippen LogP contribution in [-0.2, 0) is 0 Å². The Morgan fingerprint density at radius 1 is 0.290 bits per heavy atom. The Balaban J connectivity index is 1.12. The molecule has 12 rings (SSSR count). The number of nitrogens with zero attached hydrogens (tertiary/aromatic N) is 4. The molecule has 0 aliphatic rings. The average molecular weight is 887 g/mol. The summed E-state index contributed by atoms with van der Waals surface area (Å²) >= 11 is 0. The summed E-state index contributed by atoms with van der Waals surface area (Å²) in [6.07, 6.45) is 7.31. The molecule has 0 radical (unpaired) electrons. The van der Waals surface area contributed by atoms with Crippen molar-refractivity contribution in [3.63, 3.8) is 0 Å². The molecule has 4 nitrogen and oxygen atoms in total. The van der Waals surface area contributed by atoms with Crippen LogP contribution in [0.3, 0.4) is 0 Å². The van der Waals surface area contributed by atoms with E-state index in [9.17, 15) is 0 Å². The van der Waals surface area contributed by atoms with Crippen molar-refractivity contribution in [2.24, 2.45) is 0 Å². The van der Waals surface area contributed by atoms with E-state index in [1.54, 1.807) is 12.4 Å². The number of fused-ring (bicyclic) bond motifs is 4. The summed E-state index contributed by atoms with van der Waals surface area (Å²) in [5.74, 6) is -0.379. The zero-order valence-electron chi connectivity index (χ0n) is 37.5. The Labute approximate surface area is 400 Å². The molecule has 0 N–H and O–H groups in total. The van der Waals surface area contributed by atoms with E-state index in [0.717, 1.165) is 88.8 Å². The van der Waals surface area contributed by atoms with E-state index in [4.69, 9.17) is 0 Å². The van der Waals surface area contributed by atoms with Crippen molar-refractivity contribution in [3.05, 3.63) is 267 Å². The SMILES string of the molecule is Fc1c(N(c2ccccc2)c2ccc3c(ccc4ccccc43)c2)cc(-c2cccc3cnccc23)cc1N(c1ccc(-c2ccncc2)cc1)c1ccccc1-c1ccc(-c2ccccc2)cc1. The summed E-state index contributed by atoms with van der Waals surface area (Å²) in [4.78, 5) is 12.9. The fourth-order valence-corrected chi connectivity index (χ4v) is 9.73. The third-order valence-electron chi connectivity index (χ3n) is 13.1. The predicted molar refractivity (Wildman–Crippen MR) is 286 cm³/mol. The van der Waals surface area contributed by atoms with Gasteiger partial charge in [-0.05, 0) is 139 Å². The van der Waals surface area contributed by atoms with Crippen molar-refractivity contribution < 1.29 is 4.39 Å². The third kappa shape index (κ3) is 7.82. The highest BCUT2D eigenvalue weighted by atomic mass is 19.1. The number of benzene rings is 10. The topological polar surface area (TPSA) is 32.3 Å². The van der Waals surface area contributed by atoms with Crippen LogP contribution in [0.25, 0.3) is 76.8 Å². The summed E-state index contributed by atoms with van der Waals surface area (Å²) in [5.41, 5.74) is 12.2. The Kier molecular flexibility index (Phi) is 10.7. The highest BCUT2D eigenvalue weighted by Crippen LogP contribution is 2.49. The maximum atomic E-state index is 19.1. The number of pyridine rings is 2. The summed E-state index contributed by atoms with van der Waals surface area (Å²) in [6, 6.07) is 81.3. The van der Waals surface area contributed by atoms with Crippen molar-refractivity contribution >= 4 is 66.4 Å². The first-order valence-electron chi connectivity index (χ1n) is 23.1. The molecule has 12 aromatic rings. The van der Waals surface area contributed by atoms with E-state index >= 15 is 4.39 Å². The van der Waals surface area contributed by atoms with Crippen molar-refractivity contribution in [1.29, 1.82) is 0 Å². The van der Waals surface area contributed by atoms with E-state index in [1.807, 2.05) is 85.2 Å². The van der Waals surface area contributed by atoms with Gasteiger partial charge in [-0.2, -0.15) is 0 Å². The molecule has 10 aromatic carbocycles. The zero-order valence-corrected chi connectivity index (χ0v) is 37.5. The quantitative estimate of drug-likeness (QED) is 0.128. The second-order valence-corrected chi connectivity index (χ2v) is 17.2. The van der Waals surface area contributed by atoms with Crippen LogP contribution < -0.4 is 9.80 Å². The molecule has 2 heterocycles. The van der Waals surface area contributed by atoms with Gasteiger partial charge >= 0.3 is 0 Å². The molecule has 0 aliphatic carbocycles. The third-order valence-corrected chi connectivity index (χ3v) is 13.1. The molecule has 2 aromatic heterocycles. The average Bonchev–Trinajstić information content (AvgIpc) is 3.43. The maximum absolute atomic E-state index is 19.1. The maximum Gasteiger partial charge on any atom is 0.171 e. The fraction of sp³-hybridized carbons (Fsp3) is 0. The molecule has 0 bridgehead atoms. The number of halogens is 1. The van der Waals surface area contributed by atoms with Crippen LogP contribution in [-0.4, -0.2) is 9.97 Å². The molecule has 0 fully saturated rings. The molecule has 0 spiro atoms.